The summed E-state index contributed by atoms with van der Waals surface area (Å²) in [6.45, 7) is -4.49. The fraction of sp³-hybridized carbons (Fsp3) is 0.632. The number of nitrogens with zero attached hydrogens (tertiary/aromatic N) is 1. The second-order valence-corrected chi connectivity index (χ2v) is 5.76. The van der Waals surface area contributed by atoms with Gasteiger partial charge in [0, 0.05) is 23.4 Å². The molecule has 0 bridgehead atoms. The van der Waals surface area contributed by atoms with Crippen LogP contribution in [-0.2, 0) is 11.3 Å². The number of amides is 1. The molecule has 2 heterocycles. The van der Waals surface area contributed by atoms with Crippen molar-refractivity contribution in [3.8, 4) is 0 Å². The van der Waals surface area contributed by atoms with E-state index in [1.165, 1.54) is 0 Å². The Hall–Kier alpha value is -1.43. The van der Waals surface area contributed by atoms with Crippen molar-refractivity contribution in [3.63, 3.8) is 0 Å². The third kappa shape index (κ3) is 6.59. The molecule has 5 nitrogen and oxygen atoms in total. The summed E-state index contributed by atoms with van der Waals surface area (Å²) in [4.78, 5) is 11.6. The number of nitrogens with one attached hydrogen (secondary N) is 1. The SMILES string of the molecule is NC(=O)C1CCNCC1.[2H]C1CN(Cc2ccccc2)C([2H])([2H])C([2H])([2H])C1([2H])C([2H])([2H])N([2H])[2H]. The molecular weight excluding hydrogens is 300 g/mol. The Morgan fingerprint density at radius 1 is 1.42 bits per heavy atom. The van der Waals surface area contributed by atoms with E-state index in [9.17, 15) is 4.79 Å². The first kappa shape index (κ1) is 9.32. The highest BCUT2D eigenvalue weighted by Crippen LogP contribution is 2.17. The molecule has 134 valence electrons. The maximum absolute atomic E-state index is 10.5. The molecule has 24 heavy (non-hydrogen) atoms. The molecule has 1 amide bonds. The molecule has 2 fully saturated rings. The summed E-state index contributed by atoms with van der Waals surface area (Å²) in [6.07, 6.45) is -3.03. The molecule has 5 heteroatoms. The standard InChI is InChI=1S/C13H20N2.C6H12N2O/c14-10-12-6-8-15(9-7-12)11-13-4-2-1-3-5-13;7-6(9)5-1-3-8-4-2-5/h1-5,12H,6-11,14H2;5,8H,1-4H2,(H2,7,9)/i6D,7D2,9D2,10D2,12D;/hD2. The lowest BCUT2D eigenvalue weighted by molar-refractivity contribution is -0.122. The first-order chi connectivity index (χ1) is 15.6. The van der Waals surface area contributed by atoms with Crippen molar-refractivity contribution in [2.24, 2.45) is 23.3 Å². The lowest BCUT2D eigenvalue weighted by atomic mass is 9.97. The molecule has 2 unspecified atom stereocenters. The highest BCUT2D eigenvalue weighted by Gasteiger charge is 2.18. The Kier molecular flexibility index (Phi) is 4.05. The van der Waals surface area contributed by atoms with Gasteiger partial charge < -0.3 is 16.8 Å². The molecule has 2 aliphatic heterocycles. The number of carbonyl (C=O) groups excluding carboxylic acids is 1. The lowest BCUT2D eigenvalue weighted by Crippen LogP contribution is -2.35. The van der Waals surface area contributed by atoms with E-state index in [1.54, 1.807) is 30.3 Å². The van der Waals surface area contributed by atoms with Crippen molar-refractivity contribution in [1.82, 2.24) is 10.2 Å². The molecule has 0 radical (unpaired) electrons. The molecule has 2 aliphatic rings. The van der Waals surface area contributed by atoms with Gasteiger partial charge in [-0.25, -0.2) is 0 Å². The van der Waals surface area contributed by atoms with Crippen LogP contribution in [0.15, 0.2) is 30.3 Å². The molecule has 2 atom stereocenters. The van der Waals surface area contributed by atoms with Crippen LogP contribution in [0.4, 0.5) is 0 Å². The third-order valence-electron chi connectivity index (χ3n) is 3.94. The minimum Gasteiger partial charge on any atom is -0.369 e. The smallest absolute Gasteiger partial charge is 0.220 e. The van der Waals surface area contributed by atoms with Crippen LogP contribution in [0.2, 0.25) is 2.82 Å². The van der Waals surface area contributed by atoms with Crippen molar-refractivity contribution in [2.75, 3.05) is 32.6 Å². The van der Waals surface area contributed by atoms with E-state index in [2.05, 4.69) is 5.32 Å². The monoisotopic (exact) mass is 342 g/mol. The zero-order valence-corrected chi connectivity index (χ0v) is 13.7. The van der Waals surface area contributed by atoms with E-state index in [0.717, 1.165) is 30.8 Å². The van der Waals surface area contributed by atoms with Crippen LogP contribution in [-0.4, -0.2) is 43.4 Å². The average Bonchev–Trinajstić information content (AvgIpc) is 2.78. The van der Waals surface area contributed by atoms with Crippen LogP contribution in [0.25, 0.3) is 0 Å². The second kappa shape index (κ2) is 10.4. The van der Waals surface area contributed by atoms with E-state index in [1.807, 2.05) is 0 Å². The summed E-state index contributed by atoms with van der Waals surface area (Å²) < 4.78 is 79.2. The van der Waals surface area contributed by atoms with Gasteiger partial charge in [0.05, 0.1) is 0 Å². The third-order valence-corrected chi connectivity index (χ3v) is 3.94. The largest absolute Gasteiger partial charge is 0.369 e. The van der Waals surface area contributed by atoms with E-state index in [-0.39, 0.29) is 18.4 Å². The van der Waals surface area contributed by atoms with Gasteiger partial charge in [0.15, 0.2) is 0 Å². The van der Waals surface area contributed by atoms with Gasteiger partial charge in [-0.3, -0.25) is 9.69 Å². The maximum Gasteiger partial charge on any atom is 0.220 e. The topological polar surface area (TPSA) is 84.4 Å². The Balaban J connectivity index is 0.000000379. The van der Waals surface area contributed by atoms with Crippen molar-refractivity contribution >= 4 is 5.91 Å². The van der Waals surface area contributed by atoms with Gasteiger partial charge in [-0.2, -0.15) is 0 Å². The predicted molar refractivity (Wildman–Crippen MR) is 98.3 cm³/mol. The molecule has 0 aromatic heterocycles. The lowest BCUT2D eigenvalue weighted by Gasteiger charge is -2.31. The molecule has 5 N–H and O–H groups in total. The minimum atomic E-state index is -3.19. The number of hydrogen-bond donors (Lipinski definition) is 3. The Labute approximate surface area is 159 Å². The molecule has 2 saturated heterocycles. The van der Waals surface area contributed by atoms with Gasteiger partial charge in [0.25, 0.3) is 0 Å². The van der Waals surface area contributed by atoms with E-state index in [4.69, 9.17) is 19.5 Å². The van der Waals surface area contributed by atoms with E-state index >= 15 is 0 Å². The van der Waals surface area contributed by atoms with Crippen molar-refractivity contribution < 1.29 is 18.6 Å². The summed E-state index contributed by atoms with van der Waals surface area (Å²) in [5, 5.41) is 3.16. The van der Waals surface area contributed by atoms with Crippen molar-refractivity contribution in [2.45, 2.75) is 32.2 Å². The summed E-state index contributed by atoms with van der Waals surface area (Å²) in [7, 11) is 0. The molecule has 1 aromatic rings. The maximum atomic E-state index is 10.5. The molecule has 3 rings (SSSR count). The number of rotatable bonds is 5. The van der Waals surface area contributed by atoms with Crippen LogP contribution in [0.5, 0.6) is 0 Å². The number of likely N-dealkylation sites (tertiary alicyclic amines) is 1. The highest BCUT2D eigenvalue weighted by molar-refractivity contribution is 5.76. The fourth-order valence-electron chi connectivity index (χ4n) is 2.53. The van der Waals surface area contributed by atoms with Gasteiger partial charge >= 0.3 is 0 Å². The van der Waals surface area contributed by atoms with Gasteiger partial charge in [0.1, 0.15) is 2.82 Å². The van der Waals surface area contributed by atoms with Crippen LogP contribution in [0.1, 0.15) is 42.1 Å². The zero-order valence-electron chi connectivity index (χ0n) is 23.7. The molecular formula is C19H32N4O. The van der Waals surface area contributed by atoms with Crippen LogP contribution >= 0.6 is 0 Å². The minimum absolute atomic E-state index is 0.00667. The van der Waals surface area contributed by atoms with Gasteiger partial charge in [-0.15, -0.1) is 0 Å². The number of benzene rings is 1. The first-order valence-corrected chi connectivity index (χ1v) is 8.10. The number of primary amides is 1. The first-order valence-electron chi connectivity index (χ1n) is 13.1. The average molecular weight is 343 g/mol. The summed E-state index contributed by atoms with van der Waals surface area (Å²) in [5.41, 5.74) is 5.34. The second-order valence-electron chi connectivity index (χ2n) is 5.76. The molecule has 0 aliphatic carbocycles. The Morgan fingerprint density at radius 2 is 2.17 bits per heavy atom. The van der Waals surface area contributed by atoms with Gasteiger partial charge in [-0.05, 0) is 69.7 Å². The fourth-order valence-corrected chi connectivity index (χ4v) is 2.53. The van der Waals surface area contributed by atoms with Crippen LogP contribution in [0, 0.1) is 11.8 Å². The van der Waals surface area contributed by atoms with Gasteiger partial charge in [-0.1, -0.05) is 30.3 Å². The predicted octanol–water partition coefficient (Wildman–Crippen LogP) is 1.33. The Morgan fingerprint density at radius 3 is 2.79 bits per heavy atom. The molecule has 1 aromatic carbocycles. The molecule has 0 spiro atoms. The van der Waals surface area contributed by atoms with Crippen LogP contribution in [0.3, 0.4) is 0 Å². The van der Waals surface area contributed by atoms with E-state index < -0.39 is 43.9 Å². The Bertz CT molecular complexity index is 823. The summed E-state index contributed by atoms with van der Waals surface area (Å²) >= 11 is 0. The summed E-state index contributed by atoms with van der Waals surface area (Å²) in [5.74, 6) is -2.98. The zero-order chi connectivity index (χ0) is 25.9. The van der Waals surface area contributed by atoms with Crippen molar-refractivity contribution in [3.05, 3.63) is 35.9 Å². The number of piperidine rings is 2. The highest BCUT2D eigenvalue weighted by atomic mass is 16.1. The van der Waals surface area contributed by atoms with Gasteiger partial charge in [0.2, 0.25) is 5.91 Å². The van der Waals surface area contributed by atoms with E-state index in [0.29, 0.717) is 5.56 Å². The van der Waals surface area contributed by atoms with Crippen molar-refractivity contribution in [1.29, 1.82) is 0 Å². The number of hydrogen-bond acceptors (Lipinski definition) is 4. The normalized spacial score (nSPS) is 39.6. The molecule has 0 saturated carbocycles. The number of carbonyl (C=O) groups is 1. The summed E-state index contributed by atoms with van der Waals surface area (Å²) in [6, 6.07) is 8.71. The quantitative estimate of drug-likeness (QED) is 0.754. The number of nitrogens with two attached hydrogens (primary N) is 2. The van der Waals surface area contributed by atoms with Crippen LogP contribution < -0.4 is 16.8 Å².